The summed E-state index contributed by atoms with van der Waals surface area (Å²) in [4.78, 5) is 14.6. The maximum atomic E-state index is 11.2. The second-order valence-corrected chi connectivity index (χ2v) is 5.93. The summed E-state index contributed by atoms with van der Waals surface area (Å²) in [6, 6.07) is 5.67. The van der Waals surface area contributed by atoms with E-state index in [0.29, 0.717) is 0 Å². The summed E-state index contributed by atoms with van der Waals surface area (Å²) in [5.74, 6) is 0.842. The van der Waals surface area contributed by atoms with Gasteiger partial charge < -0.3 is 9.72 Å². The van der Waals surface area contributed by atoms with Crippen LogP contribution in [0.1, 0.15) is 37.6 Å². The first-order chi connectivity index (χ1) is 9.06. The van der Waals surface area contributed by atoms with E-state index in [4.69, 9.17) is 4.74 Å². The Morgan fingerprint density at radius 2 is 2.21 bits per heavy atom. The van der Waals surface area contributed by atoms with Crippen LogP contribution < -0.4 is 4.74 Å². The highest BCUT2D eigenvalue weighted by molar-refractivity contribution is 5.86. The number of aromatic nitrogens is 1. The molecule has 1 aromatic heterocycles. The zero-order valence-electron chi connectivity index (χ0n) is 11.5. The van der Waals surface area contributed by atoms with Crippen molar-refractivity contribution in [2.75, 3.05) is 7.11 Å². The minimum atomic E-state index is -0.297. The van der Waals surface area contributed by atoms with Gasteiger partial charge in [-0.05, 0) is 42.0 Å². The Morgan fingerprint density at radius 3 is 2.89 bits per heavy atom. The smallest absolute Gasteiger partial charge is 0.137 e. The van der Waals surface area contributed by atoms with E-state index in [1.165, 1.54) is 5.56 Å². The van der Waals surface area contributed by atoms with E-state index in [1.54, 1.807) is 7.11 Å². The molecule has 0 saturated carbocycles. The lowest BCUT2D eigenvalue weighted by Gasteiger charge is -2.33. The van der Waals surface area contributed by atoms with Crippen molar-refractivity contribution in [2.24, 2.45) is 10.6 Å². The molecule has 1 heterocycles. The highest BCUT2D eigenvalue weighted by Crippen LogP contribution is 2.47. The van der Waals surface area contributed by atoms with Crippen molar-refractivity contribution in [3.8, 4) is 5.75 Å². The van der Waals surface area contributed by atoms with Gasteiger partial charge in [-0.3, -0.25) is 0 Å². The van der Waals surface area contributed by atoms with Crippen LogP contribution >= 0.6 is 0 Å². The summed E-state index contributed by atoms with van der Waals surface area (Å²) in [6.07, 6.45) is 1.95. The molecular formula is C15H18N2O2. The SMILES string of the molecule is COc1ccc2[nH]c3c(c2c1)CCC(C)(C)C3N=O. The second kappa shape index (κ2) is 4.08. The Balaban J connectivity index is 2.23. The topological polar surface area (TPSA) is 54.4 Å². The fourth-order valence-corrected chi connectivity index (χ4v) is 3.05. The van der Waals surface area contributed by atoms with Gasteiger partial charge in [-0.15, -0.1) is 0 Å². The molecule has 4 heteroatoms. The molecule has 0 bridgehead atoms. The van der Waals surface area contributed by atoms with E-state index in [2.05, 4.69) is 24.0 Å². The third-order valence-electron chi connectivity index (χ3n) is 4.28. The highest BCUT2D eigenvalue weighted by atomic mass is 16.5. The second-order valence-electron chi connectivity index (χ2n) is 5.93. The van der Waals surface area contributed by atoms with Crippen molar-refractivity contribution in [1.29, 1.82) is 0 Å². The van der Waals surface area contributed by atoms with Gasteiger partial charge in [-0.25, -0.2) is 0 Å². The lowest BCUT2D eigenvalue weighted by Crippen LogP contribution is -2.26. The van der Waals surface area contributed by atoms with Crippen LogP contribution in [-0.4, -0.2) is 12.1 Å². The number of nitrogens with zero attached hydrogens (tertiary/aromatic N) is 1. The van der Waals surface area contributed by atoms with Gasteiger partial charge in [0.05, 0.1) is 7.11 Å². The molecule has 1 atom stereocenters. The van der Waals surface area contributed by atoms with Crippen LogP contribution in [0, 0.1) is 10.3 Å². The predicted octanol–water partition coefficient (Wildman–Crippen LogP) is 3.96. The third kappa shape index (κ3) is 1.74. The lowest BCUT2D eigenvalue weighted by atomic mass is 9.73. The van der Waals surface area contributed by atoms with E-state index >= 15 is 0 Å². The molecule has 1 aliphatic rings. The molecule has 0 radical (unpaired) electrons. The number of benzene rings is 1. The average Bonchev–Trinajstić information content (AvgIpc) is 2.74. The Hall–Kier alpha value is -1.84. The Bertz CT molecular complexity index is 643. The fourth-order valence-electron chi connectivity index (χ4n) is 3.05. The molecule has 100 valence electrons. The minimum absolute atomic E-state index is 0.0836. The molecule has 1 unspecified atom stereocenters. The number of ether oxygens (including phenoxy) is 1. The van der Waals surface area contributed by atoms with Crippen LogP contribution in [0.15, 0.2) is 23.4 Å². The molecule has 2 aromatic rings. The summed E-state index contributed by atoms with van der Waals surface area (Å²) < 4.78 is 5.28. The van der Waals surface area contributed by atoms with Gasteiger partial charge in [-0.2, -0.15) is 4.91 Å². The van der Waals surface area contributed by atoms with Crippen LogP contribution in [0.4, 0.5) is 0 Å². The van der Waals surface area contributed by atoms with E-state index < -0.39 is 0 Å². The largest absolute Gasteiger partial charge is 0.497 e. The van der Waals surface area contributed by atoms with E-state index in [-0.39, 0.29) is 11.5 Å². The summed E-state index contributed by atoms with van der Waals surface area (Å²) in [7, 11) is 1.67. The number of H-pyrrole nitrogens is 1. The number of nitroso groups, excluding NO2 is 1. The molecule has 0 spiro atoms. The lowest BCUT2D eigenvalue weighted by molar-refractivity contribution is 0.246. The van der Waals surface area contributed by atoms with Gasteiger partial charge in [0.25, 0.3) is 0 Å². The van der Waals surface area contributed by atoms with E-state index in [1.807, 2.05) is 18.2 Å². The van der Waals surface area contributed by atoms with Crippen molar-refractivity contribution >= 4 is 10.9 Å². The molecule has 0 amide bonds. The van der Waals surface area contributed by atoms with Crippen LogP contribution in [0.2, 0.25) is 0 Å². The van der Waals surface area contributed by atoms with Gasteiger partial charge in [0.1, 0.15) is 11.8 Å². The summed E-state index contributed by atoms with van der Waals surface area (Å²) in [5, 5.41) is 4.52. The standard InChI is InChI=1S/C15H18N2O2/c1-15(2)7-6-10-11-8-9(19-3)4-5-12(11)16-13(10)14(15)17-18/h4-5,8,14,16H,6-7H2,1-3H3. The van der Waals surface area contributed by atoms with Crippen molar-refractivity contribution in [1.82, 2.24) is 4.98 Å². The maximum absolute atomic E-state index is 11.2. The molecular weight excluding hydrogens is 240 g/mol. The summed E-state index contributed by atoms with van der Waals surface area (Å²) in [6.45, 7) is 4.21. The van der Waals surface area contributed by atoms with E-state index in [0.717, 1.165) is 35.2 Å². The van der Waals surface area contributed by atoms with Gasteiger partial charge in [0, 0.05) is 16.6 Å². The molecule has 0 aliphatic heterocycles. The molecule has 0 saturated heterocycles. The highest BCUT2D eigenvalue weighted by Gasteiger charge is 2.39. The van der Waals surface area contributed by atoms with Crippen molar-refractivity contribution < 1.29 is 4.74 Å². The molecule has 1 aliphatic carbocycles. The quantitative estimate of drug-likeness (QED) is 0.829. The number of aromatic amines is 1. The number of nitrogens with one attached hydrogen (secondary N) is 1. The number of methoxy groups -OCH3 is 1. The van der Waals surface area contributed by atoms with Crippen LogP contribution in [0.3, 0.4) is 0 Å². The van der Waals surface area contributed by atoms with Gasteiger partial charge in [0.2, 0.25) is 0 Å². The number of hydrogen-bond acceptors (Lipinski definition) is 3. The average molecular weight is 258 g/mol. The molecule has 1 N–H and O–H groups in total. The van der Waals surface area contributed by atoms with Crippen molar-refractivity contribution in [2.45, 2.75) is 32.7 Å². The summed E-state index contributed by atoms with van der Waals surface area (Å²) in [5.41, 5.74) is 3.17. The van der Waals surface area contributed by atoms with Crippen LogP contribution in [0.5, 0.6) is 5.75 Å². The zero-order valence-corrected chi connectivity index (χ0v) is 11.5. The zero-order chi connectivity index (χ0) is 13.6. The van der Waals surface area contributed by atoms with Crippen molar-refractivity contribution in [3.63, 3.8) is 0 Å². The Labute approximate surface area is 112 Å². The third-order valence-corrected chi connectivity index (χ3v) is 4.28. The predicted molar refractivity (Wildman–Crippen MR) is 75.5 cm³/mol. The first-order valence-electron chi connectivity index (χ1n) is 6.58. The summed E-state index contributed by atoms with van der Waals surface area (Å²) >= 11 is 0. The fraction of sp³-hybridized carbons (Fsp3) is 0.467. The molecule has 3 rings (SSSR count). The number of fused-ring (bicyclic) bond motifs is 3. The molecule has 19 heavy (non-hydrogen) atoms. The number of rotatable bonds is 2. The number of hydrogen-bond donors (Lipinski definition) is 1. The molecule has 4 nitrogen and oxygen atoms in total. The van der Waals surface area contributed by atoms with Crippen molar-refractivity contribution in [3.05, 3.63) is 34.4 Å². The minimum Gasteiger partial charge on any atom is -0.497 e. The normalized spacial score (nSPS) is 21.1. The molecule has 0 fully saturated rings. The van der Waals surface area contributed by atoms with Gasteiger partial charge >= 0.3 is 0 Å². The maximum Gasteiger partial charge on any atom is 0.137 e. The van der Waals surface area contributed by atoms with Gasteiger partial charge in [0.15, 0.2) is 0 Å². The van der Waals surface area contributed by atoms with Crippen LogP contribution in [-0.2, 0) is 6.42 Å². The van der Waals surface area contributed by atoms with Gasteiger partial charge in [-0.1, -0.05) is 19.0 Å². The Morgan fingerprint density at radius 1 is 1.42 bits per heavy atom. The van der Waals surface area contributed by atoms with E-state index in [9.17, 15) is 4.91 Å². The molecule has 1 aromatic carbocycles. The van der Waals surface area contributed by atoms with Crippen LogP contribution in [0.25, 0.3) is 10.9 Å². The first kappa shape index (κ1) is 12.2. The monoisotopic (exact) mass is 258 g/mol. The number of aryl methyl sites for hydroxylation is 1. The Kier molecular flexibility index (Phi) is 2.62. The first-order valence-corrected chi connectivity index (χ1v) is 6.58.